The molecule has 25 heavy (non-hydrogen) atoms. The summed E-state index contributed by atoms with van der Waals surface area (Å²) in [6.07, 6.45) is 0.898. The summed E-state index contributed by atoms with van der Waals surface area (Å²) in [6, 6.07) is 13.5. The number of rotatable bonds is 3. The van der Waals surface area contributed by atoms with Crippen molar-refractivity contribution in [1.29, 1.82) is 0 Å². The van der Waals surface area contributed by atoms with Crippen molar-refractivity contribution >= 4 is 27.3 Å². The predicted molar refractivity (Wildman–Crippen MR) is 95.6 cm³/mol. The van der Waals surface area contributed by atoms with Crippen LogP contribution in [0.1, 0.15) is 22.0 Å². The zero-order chi connectivity index (χ0) is 18.0. The van der Waals surface area contributed by atoms with E-state index in [0.29, 0.717) is 30.3 Å². The normalized spacial score (nSPS) is 18.2. The van der Waals surface area contributed by atoms with Crippen LogP contribution in [0.2, 0.25) is 5.02 Å². The molecule has 1 saturated heterocycles. The van der Waals surface area contributed by atoms with Gasteiger partial charge in [-0.1, -0.05) is 29.8 Å². The Hall–Kier alpha value is -1.89. The van der Waals surface area contributed by atoms with Gasteiger partial charge >= 0.3 is 0 Å². The number of amides is 1. The van der Waals surface area contributed by atoms with Gasteiger partial charge in [0, 0.05) is 23.4 Å². The minimum atomic E-state index is -3.36. The van der Waals surface area contributed by atoms with Crippen molar-refractivity contribution in [3.8, 4) is 0 Å². The van der Waals surface area contributed by atoms with Gasteiger partial charge in [-0.3, -0.25) is 4.79 Å². The third-order valence-electron chi connectivity index (χ3n) is 4.10. The fraction of sp³-hybridized carbons (Fsp3) is 0.278. The van der Waals surface area contributed by atoms with Crippen molar-refractivity contribution in [1.82, 2.24) is 4.90 Å². The molecule has 1 unspecified atom stereocenters. The topological polar surface area (TPSA) is 63.7 Å². The van der Waals surface area contributed by atoms with Crippen molar-refractivity contribution < 1.29 is 17.9 Å². The standard InChI is InChI=1S/C18H18ClNO4S/c1-25(22,23)16-4-2-3-14(11-16)18(21)20-9-10-24-17(12-20)13-5-7-15(19)8-6-13/h2-8,11,17H,9-10,12H2,1H3. The molecule has 1 fully saturated rings. The van der Waals surface area contributed by atoms with Crippen LogP contribution in [0, 0.1) is 0 Å². The third kappa shape index (κ3) is 4.21. The highest BCUT2D eigenvalue weighted by molar-refractivity contribution is 7.90. The summed E-state index contributed by atoms with van der Waals surface area (Å²) in [5, 5.41) is 0.644. The van der Waals surface area contributed by atoms with E-state index in [4.69, 9.17) is 16.3 Å². The maximum atomic E-state index is 12.8. The number of hydrogen-bond donors (Lipinski definition) is 0. The van der Waals surface area contributed by atoms with Crippen LogP contribution in [0.5, 0.6) is 0 Å². The van der Waals surface area contributed by atoms with Crippen LogP contribution >= 0.6 is 11.6 Å². The Morgan fingerprint density at radius 3 is 2.60 bits per heavy atom. The lowest BCUT2D eigenvalue weighted by Crippen LogP contribution is -2.42. The lowest BCUT2D eigenvalue weighted by Gasteiger charge is -2.33. The molecule has 0 radical (unpaired) electrons. The van der Waals surface area contributed by atoms with Crippen molar-refractivity contribution in [3.63, 3.8) is 0 Å². The molecule has 0 bridgehead atoms. The summed E-state index contributed by atoms with van der Waals surface area (Å²) >= 11 is 5.91. The second kappa shape index (κ2) is 7.15. The molecule has 0 spiro atoms. The van der Waals surface area contributed by atoms with E-state index in [1.54, 1.807) is 29.2 Å². The van der Waals surface area contributed by atoms with Gasteiger partial charge in [0.1, 0.15) is 6.10 Å². The maximum Gasteiger partial charge on any atom is 0.254 e. The molecule has 0 aromatic heterocycles. The van der Waals surface area contributed by atoms with Gasteiger partial charge in [-0.15, -0.1) is 0 Å². The van der Waals surface area contributed by atoms with Gasteiger partial charge in [0.2, 0.25) is 0 Å². The van der Waals surface area contributed by atoms with Crippen LogP contribution in [0.25, 0.3) is 0 Å². The van der Waals surface area contributed by atoms with Gasteiger partial charge in [-0.05, 0) is 35.9 Å². The molecule has 7 heteroatoms. The smallest absolute Gasteiger partial charge is 0.254 e. The van der Waals surface area contributed by atoms with Crippen LogP contribution in [-0.2, 0) is 14.6 Å². The molecule has 132 valence electrons. The quantitative estimate of drug-likeness (QED) is 0.822. The van der Waals surface area contributed by atoms with Gasteiger partial charge in [-0.2, -0.15) is 0 Å². The zero-order valence-electron chi connectivity index (χ0n) is 13.7. The largest absolute Gasteiger partial charge is 0.370 e. The molecule has 2 aromatic rings. The number of morpholine rings is 1. The Labute approximate surface area is 152 Å². The highest BCUT2D eigenvalue weighted by atomic mass is 35.5. The number of halogens is 1. The summed E-state index contributed by atoms with van der Waals surface area (Å²) in [5.41, 5.74) is 1.31. The number of sulfone groups is 1. The predicted octanol–water partition coefficient (Wildman–Crippen LogP) is 2.96. The summed E-state index contributed by atoms with van der Waals surface area (Å²) in [7, 11) is -3.36. The van der Waals surface area contributed by atoms with E-state index in [0.717, 1.165) is 11.8 Å². The Morgan fingerprint density at radius 1 is 1.20 bits per heavy atom. The number of hydrogen-bond acceptors (Lipinski definition) is 4. The molecule has 0 saturated carbocycles. The average Bonchev–Trinajstić information content (AvgIpc) is 2.61. The Bertz CT molecular complexity index is 880. The fourth-order valence-electron chi connectivity index (χ4n) is 2.76. The molecule has 1 amide bonds. The number of carbonyl (C=O) groups is 1. The SMILES string of the molecule is CS(=O)(=O)c1cccc(C(=O)N2CCOC(c3ccc(Cl)cc3)C2)c1. The van der Waals surface area contributed by atoms with Crippen molar-refractivity contribution in [2.24, 2.45) is 0 Å². The number of carbonyl (C=O) groups excluding carboxylic acids is 1. The lowest BCUT2D eigenvalue weighted by molar-refractivity contribution is -0.0228. The van der Waals surface area contributed by atoms with Crippen LogP contribution in [0.3, 0.4) is 0 Å². The minimum Gasteiger partial charge on any atom is -0.370 e. The first-order valence-corrected chi connectivity index (χ1v) is 10.1. The molecule has 2 aromatic carbocycles. The van der Waals surface area contributed by atoms with Gasteiger partial charge in [0.05, 0.1) is 18.0 Å². The highest BCUT2D eigenvalue weighted by Gasteiger charge is 2.26. The van der Waals surface area contributed by atoms with E-state index in [1.165, 1.54) is 12.1 Å². The van der Waals surface area contributed by atoms with Gasteiger partial charge < -0.3 is 9.64 Å². The molecule has 0 N–H and O–H groups in total. The first-order valence-electron chi connectivity index (χ1n) is 7.81. The number of benzene rings is 2. The summed E-state index contributed by atoms with van der Waals surface area (Å²) in [4.78, 5) is 14.6. The number of ether oxygens (including phenoxy) is 1. The van der Waals surface area contributed by atoms with Crippen LogP contribution in [0.4, 0.5) is 0 Å². The molecule has 1 aliphatic heterocycles. The summed E-state index contributed by atoms with van der Waals surface area (Å²) < 4.78 is 29.2. The summed E-state index contributed by atoms with van der Waals surface area (Å²) in [6.45, 7) is 1.29. The maximum absolute atomic E-state index is 12.8. The molecule has 0 aliphatic carbocycles. The van der Waals surface area contributed by atoms with Crippen molar-refractivity contribution in [3.05, 3.63) is 64.7 Å². The monoisotopic (exact) mass is 379 g/mol. The first kappa shape index (κ1) is 17.9. The van der Waals surface area contributed by atoms with E-state index < -0.39 is 9.84 Å². The number of nitrogens with zero attached hydrogens (tertiary/aromatic N) is 1. The van der Waals surface area contributed by atoms with E-state index in [2.05, 4.69) is 0 Å². The van der Waals surface area contributed by atoms with Gasteiger partial charge in [-0.25, -0.2) is 8.42 Å². The van der Waals surface area contributed by atoms with Gasteiger partial charge in [0.15, 0.2) is 9.84 Å². The average molecular weight is 380 g/mol. The second-order valence-corrected chi connectivity index (χ2v) is 8.41. The van der Waals surface area contributed by atoms with E-state index in [9.17, 15) is 13.2 Å². The second-order valence-electron chi connectivity index (χ2n) is 5.96. The Balaban J connectivity index is 1.79. The zero-order valence-corrected chi connectivity index (χ0v) is 15.3. The molecule has 3 rings (SSSR count). The molecular weight excluding hydrogens is 362 g/mol. The molecule has 1 heterocycles. The Morgan fingerprint density at radius 2 is 1.92 bits per heavy atom. The fourth-order valence-corrected chi connectivity index (χ4v) is 3.55. The van der Waals surface area contributed by atoms with E-state index >= 15 is 0 Å². The van der Waals surface area contributed by atoms with Gasteiger partial charge in [0.25, 0.3) is 5.91 Å². The van der Waals surface area contributed by atoms with Crippen molar-refractivity contribution in [2.45, 2.75) is 11.0 Å². The highest BCUT2D eigenvalue weighted by Crippen LogP contribution is 2.25. The van der Waals surface area contributed by atoms with Crippen molar-refractivity contribution in [2.75, 3.05) is 26.0 Å². The molecule has 1 atom stereocenters. The van der Waals surface area contributed by atoms with Crippen LogP contribution < -0.4 is 0 Å². The minimum absolute atomic E-state index is 0.140. The Kier molecular flexibility index (Phi) is 5.13. The molecule has 5 nitrogen and oxygen atoms in total. The van der Waals surface area contributed by atoms with Crippen LogP contribution in [0.15, 0.2) is 53.4 Å². The van der Waals surface area contributed by atoms with Crippen LogP contribution in [-0.4, -0.2) is 45.2 Å². The van der Waals surface area contributed by atoms with E-state index in [1.807, 2.05) is 12.1 Å². The molecule has 1 aliphatic rings. The lowest BCUT2D eigenvalue weighted by atomic mass is 10.1. The summed E-state index contributed by atoms with van der Waals surface area (Å²) in [5.74, 6) is -0.201. The first-order chi connectivity index (χ1) is 11.8. The molecular formula is C18H18ClNO4S. The van der Waals surface area contributed by atoms with E-state index in [-0.39, 0.29) is 16.9 Å². The third-order valence-corrected chi connectivity index (χ3v) is 5.47.